The lowest BCUT2D eigenvalue weighted by Gasteiger charge is -2.16. The normalized spacial score (nSPS) is 12.9. The zero-order valence-electron chi connectivity index (χ0n) is 12.4. The van der Waals surface area contributed by atoms with Gasteiger partial charge in [-0.2, -0.15) is 5.26 Å². The van der Waals surface area contributed by atoms with Gasteiger partial charge in [0.15, 0.2) is 0 Å². The zero-order chi connectivity index (χ0) is 15.7. The smallest absolute Gasteiger partial charge is 0.326 e. The van der Waals surface area contributed by atoms with Gasteiger partial charge < -0.3 is 15.7 Å². The summed E-state index contributed by atoms with van der Waals surface area (Å²) in [6.45, 7) is 8.36. The third-order valence-corrected chi connectivity index (χ3v) is 2.45. The lowest BCUT2D eigenvalue weighted by molar-refractivity contribution is -0.141. The van der Waals surface area contributed by atoms with Crippen LogP contribution in [0.1, 0.15) is 34.1 Å². The molecular formula is C14H23N3O3. The molecule has 6 heteroatoms. The van der Waals surface area contributed by atoms with Crippen LogP contribution in [0.2, 0.25) is 0 Å². The molecule has 0 aliphatic carbocycles. The summed E-state index contributed by atoms with van der Waals surface area (Å²) in [5, 5.41) is 23.2. The van der Waals surface area contributed by atoms with Crippen molar-refractivity contribution in [3.8, 4) is 6.07 Å². The fourth-order valence-electron chi connectivity index (χ4n) is 1.47. The predicted molar refractivity (Wildman–Crippen MR) is 75.6 cm³/mol. The highest BCUT2D eigenvalue weighted by molar-refractivity contribution is 5.99. The standard InChI is InChI=1S/C14H23N3O3/c1-9(2)5-12(14(19)20)17-13(18)11(6-15)8-16-7-10(3)4/h8-10,12,16H,5,7H2,1-4H3,(H,17,18)(H,19,20)/b11-8-. The summed E-state index contributed by atoms with van der Waals surface area (Å²) < 4.78 is 0. The van der Waals surface area contributed by atoms with E-state index >= 15 is 0 Å². The van der Waals surface area contributed by atoms with Crippen molar-refractivity contribution < 1.29 is 14.7 Å². The van der Waals surface area contributed by atoms with Crippen molar-refractivity contribution in [1.29, 1.82) is 5.26 Å². The molecular weight excluding hydrogens is 258 g/mol. The maximum atomic E-state index is 11.8. The Morgan fingerprint density at radius 1 is 1.25 bits per heavy atom. The Balaban J connectivity index is 4.67. The van der Waals surface area contributed by atoms with E-state index in [4.69, 9.17) is 10.4 Å². The van der Waals surface area contributed by atoms with Crippen LogP contribution < -0.4 is 10.6 Å². The van der Waals surface area contributed by atoms with Gasteiger partial charge in [-0.3, -0.25) is 4.79 Å². The Morgan fingerprint density at radius 2 is 1.85 bits per heavy atom. The molecule has 0 spiro atoms. The van der Waals surface area contributed by atoms with Crippen molar-refractivity contribution in [3.63, 3.8) is 0 Å². The van der Waals surface area contributed by atoms with Crippen molar-refractivity contribution in [3.05, 3.63) is 11.8 Å². The number of nitrogens with one attached hydrogen (secondary N) is 2. The first kappa shape index (κ1) is 18.0. The SMILES string of the molecule is CC(C)CN/C=C(/C#N)C(=O)NC(CC(C)C)C(=O)O. The van der Waals surface area contributed by atoms with E-state index in [9.17, 15) is 9.59 Å². The summed E-state index contributed by atoms with van der Waals surface area (Å²) >= 11 is 0. The van der Waals surface area contributed by atoms with E-state index in [1.807, 2.05) is 27.7 Å². The number of carbonyl (C=O) groups excluding carboxylic acids is 1. The van der Waals surface area contributed by atoms with Crippen LogP contribution in [0.15, 0.2) is 11.8 Å². The maximum absolute atomic E-state index is 11.8. The van der Waals surface area contributed by atoms with Gasteiger partial charge >= 0.3 is 5.97 Å². The quantitative estimate of drug-likeness (QED) is 0.459. The molecule has 1 atom stereocenters. The van der Waals surface area contributed by atoms with Gasteiger partial charge in [0.25, 0.3) is 5.91 Å². The van der Waals surface area contributed by atoms with E-state index in [0.717, 1.165) is 0 Å². The first-order valence-electron chi connectivity index (χ1n) is 6.65. The van der Waals surface area contributed by atoms with Crippen molar-refractivity contribution in [1.82, 2.24) is 10.6 Å². The minimum absolute atomic E-state index is 0.124. The second kappa shape index (κ2) is 8.97. The largest absolute Gasteiger partial charge is 0.480 e. The molecule has 1 amide bonds. The molecule has 112 valence electrons. The second-order valence-corrected chi connectivity index (χ2v) is 5.47. The lowest BCUT2D eigenvalue weighted by atomic mass is 10.0. The molecule has 0 bridgehead atoms. The lowest BCUT2D eigenvalue weighted by Crippen LogP contribution is -2.42. The van der Waals surface area contributed by atoms with E-state index in [-0.39, 0.29) is 11.5 Å². The van der Waals surface area contributed by atoms with Crippen LogP contribution in [-0.4, -0.2) is 29.6 Å². The van der Waals surface area contributed by atoms with Gasteiger partial charge in [0, 0.05) is 12.7 Å². The van der Waals surface area contributed by atoms with Gasteiger partial charge in [-0.15, -0.1) is 0 Å². The Labute approximate surface area is 119 Å². The molecule has 0 aromatic rings. The third kappa shape index (κ3) is 7.41. The summed E-state index contributed by atoms with van der Waals surface area (Å²) in [5.74, 6) is -1.26. The fraction of sp³-hybridized carbons (Fsp3) is 0.643. The molecule has 0 heterocycles. The van der Waals surface area contributed by atoms with Gasteiger partial charge in [0.05, 0.1) is 0 Å². The Morgan fingerprint density at radius 3 is 2.25 bits per heavy atom. The van der Waals surface area contributed by atoms with Crippen LogP contribution in [0.25, 0.3) is 0 Å². The monoisotopic (exact) mass is 281 g/mol. The highest BCUT2D eigenvalue weighted by atomic mass is 16.4. The molecule has 0 aromatic carbocycles. The average molecular weight is 281 g/mol. The molecule has 1 unspecified atom stereocenters. The molecule has 0 aliphatic rings. The third-order valence-electron chi connectivity index (χ3n) is 2.45. The van der Waals surface area contributed by atoms with Crippen LogP contribution in [0.3, 0.4) is 0 Å². The van der Waals surface area contributed by atoms with E-state index in [1.54, 1.807) is 6.07 Å². The number of carbonyl (C=O) groups is 2. The van der Waals surface area contributed by atoms with Gasteiger partial charge in [-0.05, 0) is 18.3 Å². The van der Waals surface area contributed by atoms with Crippen molar-refractivity contribution in [2.45, 2.75) is 40.2 Å². The van der Waals surface area contributed by atoms with Crippen LogP contribution in [0.5, 0.6) is 0 Å². The summed E-state index contributed by atoms with van der Waals surface area (Å²) in [4.78, 5) is 22.9. The number of carboxylic acid groups (broad SMARTS) is 1. The molecule has 6 nitrogen and oxygen atoms in total. The first-order valence-corrected chi connectivity index (χ1v) is 6.65. The van der Waals surface area contributed by atoms with E-state index in [1.165, 1.54) is 6.20 Å². The van der Waals surface area contributed by atoms with Gasteiger partial charge in [0.1, 0.15) is 17.7 Å². The summed E-state index contributed by atoms with van der Waals surface area (Å²) in [5.41, 5.74) is -0.124. The van der Waals surface area contributed by atoms with Crippen LogP contribution in [0, 0.1) is 23.2 Å². The average Bonchev–Trinajstić information content (AvgIpc) is 2.32. The van der Waals surface area contributed by atoms with Crippen LogP contribution in [0.4, 0.5) is 0 Å². The highest BCUT2D eigenvalue weighted by Gasteiger charge is 2.22. The highest BCUT2D eigenvalue weighted by Crippen LogP contribution is 2.06. The van der Waals surface area contributed by atoms with Crippen molar-refractivity contribution in [2.75, 3.05) is 6.54 Å². The Hall–Kier alpha value is -2.03. The number of nitrogens with zero attached hydrogens (tertiary/aromatic N) is 1. The maximum Gasteiger partial charge on any atom is 0.326 e. The molecule has 3 N–H and O–H groups in total. The zero-order valence-corrected chi connectivity index (χ0v) is 12.4. The summed E-state index contributed by atoms with van der Waals surface area (Å²) in [6, 6.07) is 0.785. The van der Waals surface area contributed by atoms with Crippen molar-refractivity contribution >= 4 is 11.9 Å². The molecule has 0 radical (unpaired) electrons. The van der Waals surface area contributed by atoms with E-state index in [0.29, 0.717) is 18.9 Å². The Kier molecular flexibility index (Phi) is 8.06. The number of hydrogen-bond donors (Lipinski definition) is 3. The molecule has 0 aromatic heterocycles. The topological polar surface area (TPSA) is 102 Å². The summed E-state index contributed by atoms with van der Waals surface area (Å²) in [7, 11) is 0. The number of amides is 1. The van der Waals surface area contributed by atoms with E-state index in [2.05, 4.69) is 10.6 Å². The van der Waals surface area contributed by atoms with E-state index < -0.39 is 17.9 Å². The second-order valence-electron chi connectivity index (χ2n) is 5.47. The minimum atomic E-state index is -1.10. The molecule has 0 saturated carbocycles. The van der Waals surface area contributed by atoms with Gasteiger partial charge in [-0.1, -0.05) is 27.7 Å². The van der Waals surface area contributed by atoms with Crippen LogP contribution >= 0.6 is 0 Å². The number of aliphatic carboxylic acids is 1. The molecule has 0 aliphatic heterocycles. The molecule has 20 heavy (non-hydrogen) atoms. The van der Waals surface area contributed by atoms with Crippen molar-refractivity contribution in [2.24, 2.45) is 11.8 Å². The number of carboxylic acids is 1. The number of nitriles is 1. The molecule has 0 rings (SSSR count). The fourth-order valence-corrected chi connectivity index (χ4v) is 1.47. The van der Waals surface area contributed by atoms with Gasteiger partial charge in [-0.25, -0.2) is 4.79 Å². The molecule has 0 fully saturated rings. The summed E-state index contributed by atoms with van der Waals surface area (Å²) in [6.07, 6.45) is 1.64. The number of rotatable bonds is 8. The van der Waals surface area contributed by atoms with Crippen LogP contribution in [-0.2, 0) is 9.59 Å². The minimum Gasteiger partial charge on any atom is -0.480 e. The predicted octanol–water partition coefficient (Wildman–Crippen LogP) is 1.25. The first-order chi connectivity index (χ1) is 9.27. The number of hydrogen-bond acceptors (Lipinski definition) is 4. The molecule has 0 saturated heterocycles. The van der Waals surface area contributed by atoms with Gasteiger partial charge in [0.2, 0.25) is 0 Å². The Bertz CT molecular complexity index is 408.